The summed E-state index contributed by atoms with van der Waals surface area (Å²) in [5.74, 6) is -0.346. The molecule has 0 radical (unpaired) electrons. The lowest BCUT2D eigenvalue weighted by Gasteiger charge is -2.28. The lowest BCUT2D eigenvalue weighted by Crippen LogP contribution is -2.37. The van der Waals surface area contributed by atoms with Gasteiger partial charge in [0.05, 0.1) is 6.54 Å². The minimum Gasteiger partial charge on any atom is -0.444 e. The van der Waals surface area contributed by atoms with Gasteiger partial charge in [0.2, 0.25) is 0 Å². The molecule has 24 heavy (non-hydrogen) atoms. The normalized spacial score (nSPS) is 12.0. The molecule has 0 spiro atoms. The van der Waals surface area contributed by atoms with Crippen molar-refractivity contribution in [2.75, 3.05) is 6.54 Å². The maximum Gasteiger partial charge on any atom is 0.573 e. The molecule has 8 heteroatoms. The number of alkyl halides is 3. The molecule has 0 aliphatic rings. The van der Waals surface area contributed by atoms with E-state index in [1.807, 2.05) is 6.92 Å². The summed E-state index contributed by atoms with van der Waals surface area (Å²) in [6, 6.07) is 4.30. The molecule has 0 saturated carbocycles. The van der Waals surface area contributed by atoms with Gasteiger partial charge in [-0.15, -0.1) is 13.2 Å². The summed E-state index contributed by atoms with van der Waals surface area (Å²) in [4.78, 5) is 13.6. The molecule has 0 fully saturated rings. The van der Waals surface area contributed by atoms with Crippen molar-refractivity contribution in [1.82, 2.24) is 4.90 Å². The average molecular weight is 412 g/mol. The Morgan fingerprint density at radius 2 is 1.88 bits per heavy atom. The van der Waals surface area contributed by atoms with Crippen LogP contribution in [0.2, 0.25) is 0 Å². The van der Waals surface area contributed by atoms with E-state index in [0.717, 1.165) is 0 Å². The summed E-state index contributed by atoms with van der Waals surface area (Å²) in [6.07, 6.45) is -4.74. The first-order valence-electron chi connectivity index (χ1n) is 7.43. The van der Waals surface area contributed by atoms with E-state index in [-0.39, 0.29) is 17.9 Å². The maximum atomic E-state index is 12.6. The van der Waals surface area contributed by atoms with E-state index < -0.39 is 18.1 Å². The molecule has 0 bridgehead atoms. The van der Waals surface area contributed by atoms with Crippen molar-refractivity contribution in [2.24, 2.45) is 0 Å². The molecule has 136 valence electrons. The molecule has 0 atom stereocenters. The van der Waals surface area contributed by atoms with Gasteiger partial charge in [-0.3, -0.25) is 0 Å². The summed E-state index contributed by atoms with van der Waals surface area (Å²) in [5, 5.41) is 0. The first kappa shape index (κ1) is 20.6. The molecule has 0 aliphatic carbocycles. The molecule has 0 aliphatic heterocycles. The zero-order chi connectivity index (χ0) is 18.5. The van der Waals surface area contributed by atoms with Crippen molar-refractivity contribution in [2.45, 2.75) is 52.6 Å². The Bertz CT molecular complexity index is 571. The van der Waals surface area contributed by atoms with Crippen molar-refractivity contribution in [1.29, 1.82) is 0 Å². The lowest BCUT2D eigenvalue weighted by molar-refractivity contribution is -0.275. The number of halogens is 4. The van der Waals surface area contributed by atoms with Gasteiger partial charge in [0.15, 0.2) is 0 Å². The quantitative estimate of drug-likeness (QED) is 0.642. The van der Waals surface area contributed by atoms with Crippen LogP contribution in [-0.2, 0) is 11.3 Å². The van der Waals surface area contributed by atoms with Gasteiger partial charge in [0.25, 0.3) is 0 Å². The summed E-state index contributed by atoms with van der Waals surface area (Å²) < 4.78 is 47.5. The second kappa shape index (κ2) is 8.09. The summed E-state index contributed by atoms with van der Waals surface area (Å²) >= 11 is 3.12. The number of rotatable bonds is 5. The lowest BCUT2D eigenvalue weighted by atomic mass is 10.2. The van der Waals surface area contributed by atoms with Gasteiger partial charge < -0.3 is 14.4 Å². The van der Waals surface area contributed by atoms with E-state index in [1.54, 1.807) is 26.8 Å². The highest BCUT2D eigenvalue weighted by molar-refractivity contribution is 9.10. The van der Waals surface area contributed by atoms with Gasteiger partial charge in [-0.2, -0.15) is 0 Å². The Kier molecular flexibility index (Phi) is 6.95. The predicted octanol–water partition coefficient (Wildman–Crippen LogP) is 5.49. The van der Waals surface area contributed by atoms with Gasteiger partial charge in [-0.05, 0) is 39.3 Å². The number of amides is 1. The van der Waals surface area contributed by atoms with Crippen LogP contribution in [0, 0.1) is 0 Å². The van der Waals surface area contributed by atoms with E-state index in [4.69, 9.17) is 4.74 Å². The molecule has 1 aromatic rings. The average Bonchev–Trinajstić information content (AvgIpc) is 2.37. The van der Waals surface area contributed by atoms with Gasteiger partial charge in [-0.25, -0.2) is 4.79 Å². The first-order valence-corrected chi connectivity index (χ1v) is 8.22. The minimum atomic E-state index is -4.81. The number of benzene rings is 1. The smallest absolute Gasteiger partial charge is 0.444 e. The predicted molar refractivity (Wildman–Crippen MR) is 87.8 cm³/mol. The third-order valence-electron chi connectivity index (χ3n) is 2.76. The molecule has 0 unspecified atom stereocenters. The van der Waals surface area contributed by atoms with Crippen LogP contribution in [0.25, 0.3) is 0 Å². The Hall–Kier alpha value is -1.44. The minimum absolute atomic E-state index is 0.0402. The fourth-order valence-electron chi connectivity index (χ4n) is 1.92. The Balaban J connectivity index is 3.03. The third-order valence-corrected chi connectivity index (χ3v) is 3.25. The number of carbonyl (C=O) groups is 1. The van der Waals surface area contributed by atoms with Crippen LogP contribution in [-0.4, -0.2) is 29.5 Å². The van der Waals surface area contributed by atoms with Crippen LogP contribution in [0.1, 0.15) is 39.7 Å². The standard InChI is InChI=1S/C16H21BrF3NO3/c1-5-8-21(14(22)24-15(2,3)4)10-11-6-7-12(17)9-13(11)23-16(18,19)20/h6-7,9H,5,8,10H2,1-4H3. The van der Waals surface area contributed by atoms with Crippen molar-refractivity contribution in [3.8, 4) is 5.75 Å². The van der Waals surface area contributed by atoms with E-state index in [2.05, 4.69) is 20.7 Å². The van der Waals surface area contributed by atoms with Crippen molar-refractivity contribution in [3.63, 3.8) is 0 Å². The van der Waals surface area contributed by atoms with Gasteiger partial charge in [-0.1, -0.05) is 28.9 Å². The number of ether oxygens (including phenoxy) is 2. The van der Waals surface area contributed by atoms with E-state index >= 15 is 0 Å². The number of hydrogen-bond acceptors (Lipinski definition) is 3. The highest BCUT2D eigenvalue weighted by Crippen LogP contribution is 2.30. The zero-order valence-electron chi connectivity index (χ0n) is 14.0. The molecule has 0 heterocycles. The van der Waals surface area contributed by atoms with E-state index in [1.165, 1.54) is 17.0 Å². The van der Waals surface area contributed by atoms with Crippen molar-refractivity contribution in [3.05, 3.63) is 28.2 Å². The molecular weight excluding hydrogens is 391 g/mol. The van der Waals surface area contributed by atoms with Crippen LogP contribution >= 0.6 is 15.9 Å². The second-order valence-corrected chi connectivity index (χ2v) is 7.12. The molecule has 1 rings (SSSR count). The first-order chi connectivity index (χ1) is 10.9. The molecule has 0 saturated heterocycles. The Morgan fingerprint density at radius 3 is 2.38 bits per heavy atom. The highest BCUT2D eigenvalue weighted by Gasteiger charge is 2.32. The van der Waals surface area contributed by atoms with E-state index in [9.17, 15) is 18.0 Å². The molecule has 1 amide bonds. The third kappa shape index (κ3) is 7.42. The van der Waals surface area contributed by atoms with Crippen LogP contribution < -0.4 is 4.74 Å². The zero-order valence-corrected chi connectivity index (χ0v) is 15.6. The van der Waals surface area contributed by atoms with Gasteiger partial charge in [0.1, 0.15) is 11.4 Å². The van der Waals surface area contributed by atoms with Crippen molar-refractivity contribution >= 4 is 22.0 Å². The molecule has 1 aromatic carbocycles. The maximum absolute atomic E-state index is 12.6. The summed E-state index contributed by atoms with van der Waals surface area (Å²) in [7, 11) is 0. The van der Waals surface area contributed by atoms with Crippen LogP contribution in [0.15, 0.2) is 22.7 Å². The largest absolute Gasteiger partial charge is 0.573 e. The topological polar surface area (TPSA) is 38.8 Å². The fourth-order valence-corrected chi connectivity index (χ4v) is 2.26. The van der Waals surface area contributed by atoms with Crippen LogP contribution in [0.3, 0.4) is 0 Å². The molecule has 0 N–H and O–H groups in total. The van der Waals surface area contributed by atoms with Crippen LogP contribution in [0.4, 0.5) is 18.0 Å². The van der Waals surface area contributed by atoms with Crippen LogP contribution in [0.5, 0.6) is 5.75 Å². The monoisotopic (exact) mass is 411 g/mol. The molecular formula is C16H21BrF3NO3. The summed E-state index contributed by atoms with van der Waals surface area (Å²) in [5.41, 5.74) is -0.441. The van der Waals surface area contributed by atoms with E-state index in [0.29, 0.717) is 17.4 Å². The summed E-state index contributed by atoms with van der Waals surface area (Å²) in [6.45, 7) is 7.37. The Labute approximate surface area is 148 Å². The fraction of sp³-hybridized carbons (Fsp3) is 0.562. The molecule has 4 nitrogen and oxygen atoms in total. The Morgan fingerprint density at radius 1 is 1.25 bits per heavy atom. The van der Waals surface area contributed by atoms with Crippen molar-refractivity contribution < 1.29 is 27.4 Å². The number of hydrogen-bond donors (Lipinski definition) is 0. The molecule has 0 aromatic heterocycles. The van der Waals surface area contributed by atoms with Gasteiger partial charge in [0, 0.05) is 16.6 Å². The SMILES string of the molecule is CCCN(Cc1ccc(Br)cc1OC(F)(F)F)C(=O)OC(C)(C)C. The second-order valence-electron chi connectivity index (χ2n) is 6.20. The highest BCUT2D eigenvalue weighted by atomic mass is 79.9. The van der Waals surface area contributed by atoms with Gasteiger partial charge >= 0.3 is 12.5 Å². The number of carbonyl (C=O) groups excluding carboxylic acids is 1. The number of nitrogens with zero attached hydrogens (tertiary/aromatic N) is 1.